The zero-order chi connectivity index (χ0) is 14.7. The number of fused-ring (bicyclic) bond motifs is 1. The first-order valence-corrected chi connectivity index (χ1v) is 7.22. The van der Waals surface area contributed by atoms with E-state index in [0.717, 1.165) is 35.5 Å². The highest BCUT2D eigenvalue weighted by Crippen LogP contribution is 2.20. The highest BCUT2D eigenvalue weighted by atomic mass is 15.1. The lowest BCUT2D eigenvalue weighted by molar-refractivity contribution is 0.545. The van der Waals surface area contributed by atoms with Gasteiger partial charge in [0, 0.05) is 19.4 Å². The van der Waals surface area contributed by atoms with Gasteiger partial charge in [0.2, 0.25) is 0 Å². The molecule has 0 aliphatic rings. The first-order valence-electron chi connectivity index (χ1n) is 7.22. The highest BCUT2D eigenvalue weighted by Gasteiger charge is 2.19. The third-order valence-electron chi connectivity index (χ3n) is 3.48. The number of rotatable bonds is 5. The van der Waals surface area contributed by atoms with Crippen molar-refractivity contribution in [1.82, 2.24) is 24.8 Å². The second-order valence-corrected chi connectivity index (χ2v) is 5.07. The molecule has 0 bridgehead atoms. The van der Waals surface area contributed by atoms with Crippen LogP contribution in [0.2, 0.25) is 0 Å². The van der Waals surface area contributed by atoms with Crippen LogP contribution in [0, 0.1) is 0 Å². The molecule has 1 N–H and O–H groups in total. The molecule has 0 saturated carbocycles. The third-order valence-corrected chi connectivity index (χ3v) is 3.48. The number of hydrogen-bond acceptors (Lipinski definition) is 4. The molecule has 2 heterocycles. The van der Waals surface area contributed by atoms with Crippen LogP contribution in [-0.2, 0) is 7.05 Å². The van der Waals surface area contributed by atoms with E-state index in [1.165, 1.54) is 0 Å². The van der Waals surface area contributed by atoms with Gasteiger partial charge in [0.1, 0.15) is 11.9 Å². The smallest absolute Gasteiger partial charge is 0.131 e. The summed E-state index contributed by atoms with van der Waals surface area (Å²) in [5.74, 6) is 0.952. The van der Waals surface area contributed by atoms with Gasteiger partial charge in [-0.05, 0) is 25.1 Å². The van der Waals surface area contributed by atoms with Gasteiger partial charge in [-0.1, -0.05) is 19.1 Å². The van der Waals surface area contributed by atoms with E-state index in [1.807, 2.05) is 54.5 Å². The predicted molar refractivity (Wildman–Crippen MR) is 82.9 cm³/mol. The van der Waals surface area contributed by atoms with Crippen molar-refractivity contribution in [3.05, 3.63) is 54.4 Å². The van der Waals surface area contributed by atoms with Crippen LogP contribution in [0.5, 0.6) is 0 Å². The summed E-state index contributed by atoms with van der Waals surface area (Å²) in [6, 6.07) is 7.88. The van der Waals surface area contributed by atoms with Crippen molar-refractivity contribution in [2.75, 3.05) is 6.54 Å². The quantitative estimate of drug-likeness (QED) is 0.780. The maximum absolute atomic E-state index is 4.75. The summed E-state index contributed by atoms with van der Waals surface area (Å²) in [6.45, 7) is 3.06. The average molecular weight is 281 g/mol. The minimum absolute atomic E-state index is 0.0398. The van der Waals surface area contributed by atoms with Crippen molar-refractivity contribution in [3.63, 3.8) is 0 Å². The van der Waals surface area contributed by atoms with E-state index < -0.39 is 0 Å². The van der Waals surface area contributed by atoms with Crippen LogP contribution < -0.4 is 5.32 Å². The number of nitrogens with zero attached hydrogens (tertiary/aromatic N) is 4. The van der Waals surface area contributed by atoms with E-state index in [-0.39, 0.29) is 6.04 Å². The molecule has 0 saturated heterocycles. The number of nitrogens with one attached hydrogen (secondary N) is 1. The molecule has 0 radical (unpaired) electrons. The van der Waals surface area contributed by atoms with Crippen molar-refractivity contribution < 1.29 is 0 Å². The molecular weight excluding hydrogens is 262 g/mol. The summed E-state index contributed by atoms with van der Waals surface area (Å²) in [5.41, 5.74) is 2.72. The van der Waals surface area contributed by atoms with E-state index in [9.17, 15) is 0 Å². The maximum atomic E-state index is 4.75. The van der Waals surface area contributed by atoms with Crippen LogP contribution in [0.3, 0.4) is 0 Å². The van der Waals surface area contributed by atoms with Gasteiger partial charge >= 0.3 is 0 Å². The van der Waals surface area contributed by atoms with Crippen LogP contribution >= 0.6 is 0 Å². The fraction of sp³-hybridized carbons (Fsp3) is 0.312. The molecular formula is C16H19N5. The molecule has 0 aliphatic carbocycles. The predicted octanol–water partition coefficient (Wildman–Crippen LogP) is 2.45. The van der Waals surface area contributed by atoms with Crippen LogP contribution in [0.4, 0.5) is 0 Å². The summed E-state index contributed by atoms with van der Waals surface area (Å²) >= 11 is 0. The Bertz CT molecular complexity index is 734. The molecule has 5 nitrogen and oxygen atoms in total. The summed E-state index contributed by atoms with van der Waals surface area (Å²) in [6.07, 6.45) is 6.65. The molecule has 108 valence electrons. The number of aryl methyl sites for hydroxylation is 1. The van der Waals surface area contributed by atoms with E-state index >= 15 is 0 Å². The maximum Gasteiger partial charge on any atom is 0.131 e. The standard InChI is InChI=1S/C16H19N5/c1-3-8-17-15(16-18-9-10-21(16)2)14-11-19-12-6-4-5-7-13(12)20-14/h4-7,9-11,15,17H,3,8H2,1-2H3. The number of aromatic nitrogens is 4. The average Bonchev–Trinajstić information content (AvgIpc) is 2.94. The van der Waals surface area contributed by atoms with Gasteiger partial charge in [0.25, 0.3) is 0 Å². The zero-order valence-corrected chi connectivity index (χ0v) is 12.3. The van der Waals surface area contributed by atoms with Crippen molar-refractivity contribution in [2.24, 2.45) is 7.05 Å². The number of para-hydroxylation sites is 2. The van der Waals surface area contributed by atoms with Gasteiger partial charge in [-0.25, -0.2) is 9.97 Å². The fourth-order valence-corrected chi connectivity index (χ4v) is 2.38. The molecule has 0 amide bonds. The van der Waals surface area contributed by atoms with E-state index in [4.69, 9.17) is 4.98 Å². The van der Waals surface area contributed by atoms with E-state index in [1.54, 1.807) is 0 Å². The topological polar surface area (TPSA) is 55.6 Å². The summed E-state index contributed by atoms with van der Waals surface area (Å²) in [4.78, 5) is 13.7. The second kappa shape index (κ2) is 6.01. The summed E-state index contributed by atoms with van der Waals surface area (Å²) in [5, 5.41) is 3.51. The first-order chi connectivity index (χ1) is 10.3. The lowest BCUT2D eigenvalue weighted by atomic mass is 10.1. The number of hydrogen-bond donors (Lipinski definition) is 1. The molecule has 0 spiro atoms. The van der Waals surface area contributed by atoms with Gasteiger partial charge in [-0.3, -0.25) is 4.98 Å². The highest BCUT2D eigenvalue weighted by molar-refractivity contribution is 5.73. The molecule has 1 aromatic carbocycles. The van der Waals surface area contributed by atoms with Gasteiger partial charge in [-0.15, -0.1) is 0 Å². The van der Waals surface area contributed by atoms with Crippen LogP contribution in [0.25, 0.3) is 11.0 Å². The molecule has 0 fully saturated rings. The van der Waals surface area contributed by atoms with E-state index in [0.29, 0.717) is 0 Å². The summed E-state index contributed by atoms with van der Waals surface area (Å²) in [7, 11) is 2.00. The zero-order valence-electron chi connectivity index (χ0n) is 12.3. The van der Waals surface area contributed by atoms with Gasteiger partial charge in [0.05, 0.1) is 22.9 Å². The normalized spacial score (nSPS) is 12.7. The number of imidazole rings is 1. The van der Waals surface area contributed by atoms with Crippen molar-refractivity contribution in [2.45, 2.75) is 19.4 Å². The van der Waals surface area contributed by atoms with Crippen LogP contribution in [-0.4, -0.2) is 26.1 Å². The largest absolute Gasteiger partial charge is 0.336 e. The lowest BCUT2D eigenvalue weighted by Crippen LogP contribution is -2.26. The number of benzene rings is 1. The molecule has 2 aromatic heterocycles. The van der Waals surface area contributed by atoms with Crippen molar-refractivity contribution in [1.29, 1.82) is 0 Å². The Morgan fingerprint density at radius 3 is 2.71 bits per heavy atom. The minimum atomic E-state index is -0.0398. The monoisotopic (exact) mass is 281 g/mol. The second-order valence-electron chi connectivity index (χ2n) is 5.07. The Kier molecular flexibility index (Phi) is 3.92. The molecule has 1 atom stereocenters. The molecule has 0 aliphatic heterocycles. The first kappa shape index (κ1) is 13.7. The molecule has 5 heteroatoms. The Hall–Kier alpha value is -2.27. The fourth-order valence-electron chi connectivity index (χ4n) is 2.38. The summed E-state index contributed by atoms with van der Waals surface area (Å²) < 4.78 is 2.02. The van der Waals surface area contributed by atoms with Gasteiger partial charge in [0.15, 0.2) is 0 Å². The van der Waals surface area contributed by atoms with Gasteiger partial charge in [-0.2, -0.15) is 0 Å². The lowest BCUT2D eigenvalue weighted by Gasteiger charge is -2.18. The Labute approximate surface area is 124 Å². The molecule has 1 unspecified atom stereocenters. The SMILES string of the molecule is CCCNC(c1cnc2ccccc2n1)c1nccn1C. The van der Waals surface area contributed by atoms with Crippen LogP contribution in [0.1, 0.15) is 30.9 Å². The third kappa shape index (κ3) is 2.78. The Balaban J connectivity index is 2.03. The minimum Gasteiger partial charge on any atom is -0.336 e. The molecule has 3 aromatic rings. The van der Waals surface area contributed by atoms with Crippen molar-refractivity contribution in [3.8, 4) is 0 Å². The van der Waals surface area contributed by atoms with E-state index in [2.05, 4.69) is 22.2 Å². The molecule has 21 heavy (non-hydrogen) atoms. The molecule has 3 rings (SSSR count). The van der Waals surface area contributed by atoms with Gasteiger partial charge < -0.3 is 9.88 Å². The van der Waals surface area contributed by atoms with Crippen LogP contribution in [0.15, 0.2) is 42.9 Å². The Morgan fingerprint density at radius 1 is 1.19 bits per heavy atom. The Morgan fingerprint density at radius 2 is 2.00 bits per heavy atom. The van der Waals surface area contributed by atoms with Crippen molar-refractivity contribution >= 4 is 11.0 Å².